The SMILES string of the molecule is CC(C)(C)OC(=O)Nc1ccc(Oc2ccnc(N)c2[N+](=O)[O-])cc1C(F)(F)F. The molecule has 156 valence electrons. The highest BCUT2D eigenvalue weighted by atomic mass is 19.4. The largest absolute Gasteiger partial charge is 0.450 e. The first-order valence-electron chi connectivity index (χ1n) is 8.06. The maximum absolute atomic E-state index is 13.4. The molecule has 0 spiro atoms. The standard InChI is InChI=1S/C17H17F3N4O5/c1-16(2,3)29-15(25)23-11-5-4-9(8-10(11)17(18,19)20)28-12-6-7-22-14(21)13(12)24(26)27/h4-8H,1-3H3,(H2,21,22)(H,23,25). The summed E-state index contributed by atoms with van der Waals surface area (Å²) in [6.45, 7) is 4.67. The summed E-state index contributed by atoms with van der Waals surface area (Å²) < 4.78 is 50.5. The van der Waals surface area contributed by atoms with Crippen LogP contribution in [0.2, 0.25) is 0 Å². The summed E-state index contributed by atoms with van der Waals surface area (Å²) in [5.74, 6) is -1.20. The van der Waals surface area contributed by atoms with Gasteiger partial charge in [0, 0.05) is 12.3 Å². The van der Waals surface area contributed by atoms with E-state index in [1.54, 1.807) is 20.8 Å². The Bertz CT molecular complexity index is 942. The summed E-state index contributed by atoms with van der Waals surface area (Å²) in [7, 11) is 0. The number of carbonyl (C=O) groups is 1. The first kappa shape index (κ1) is 21.7. The lowest BCUT2D eigenvalue weighted by Crippen LogP contribution is -2.28. The molecule has 0 atom stereocenters. The van der Waals surface area contributed by atoms with Gasteiger partial charge in [-0.3, -0.25) is 15.4 Å². The van der Waals surface area contributed by atoms with E-state index in [0.29, 0.717) is 6.07 Å². The summed E-state index contributed by atoms with van der Waals surface area (Å²) in [4.78, 5) is 25.6. The van der Waals surface area contributed by atoms with Crippen molar-refractivity contribution in [2.45, 2.75) is 32.5 Å². The van der Waals surface area contributed by atoms with Crippen LogP contribution in [0.1, 0.15) is 26.3 Å². The number of rotatable bonds is 4. The minimum Gasteiger partial charge on any atom is -0.450 e. The Morgan fingerprint density at radius 1 is 1.24 bits per heavy atom. The topological polar surface area (TPSA) is 130 Å². The molecule has 12 heteroatoms. The molecule has 0 radical (unpaired) electrons. The van der Waals surface area contributed by atoms with Crippen LogP contribution in [-0.4, -0.2) is 21.6 Å². The highest BCUT2D eigenvalue weighted by molar-refractivity contribution is 5.86. The van der Waals surface area contributed by atoms with Crippen LogP contribution in [0.5, 0.6) is 11.5 Å². The Morgan fingerprint density at radius 2 is 1.90 bits per heavy atom. The summed E-state index contributed by atoms with van der Waals surface area (Å²) >= 11 is 0. The summed E-state index contributed by atoms with van der Waals surface area (Å²) in [5.41, 5.74) is 2.04. The van der Waals surface area contributed by atoms with Gasteiger partial charge in [0.05, 0.1) is 16.2 Å². The number of halogens is 3. The molecule has 2 aromatic rings. The third-order valence-corrected chi connectivity index (χ3v) is 3.26. The number of nitrogens with zero attached hydrogens (tertiary/aromatic N) is 2. The monoisotopic (exact) mass is 414 g/mol. The second-order valence-corrected chi connectivity index (χ2v) is 6.73. The first-order chi connectivity index (χ1) is 13.3. The van der Waals surface area contributed by atoms with E-state index in [1.807, 2.05) is 5.32 Å². The van der Waals surface area contributed by atoms with E-state index in [2.05, 4.69) is 4.98 Å². The number of anilines is 2. The van der Waals surface area contributed by atoms with E-state index >= 15 is 0 Å². The van der Waals surface area contributed by atoms with Gasteiger partial charge < -0.3 is 15.2 Å². The molecule has 1 aromatic carbocycles. The predicted octanol–water partition coefficient (Wildman–Crippen LogP) is 4.73. The molecule has 0 fully saturated rings. The minimum atomic E-state index is -4.85. The van der Waals surface area contributed by atoms with Crippen LogP contribution in [0.25, 0.3) is 0 Å². The Kier molecular flexibility index (Phi) is 5.85. The molecule has 1 amide bonds. The maximum Gasteiger partial charge on any atom is 0.418 e. The molecule has 2 rings (SSSR count). The van der Waals surface area contributed by atoms with Crippen molar-refractivity contribution >= 4 is 23.3 Å². The van der Waals surface area contributed by atoms with Gasteiger partial charge in [0.15, 0.2) is 0 Å². The zero-order valence-electron chi connectivity index (χ0n) is 15.5. The van der Waals surface area contributed by atoms with Crippen molar-refractivity contribution in [1.29, 1.82) is 0 Å². The van der Waals surface area contributed by atoms with E-state index in [1.165, 1.54) is 0 Å². The van der Waals surface area contributed by atoms with Crippen molar-refractivity contribution in [3.8, 4) is 11.5 Å². The van der Waals surface area contributed by atoms with Crippen molar-refractivity contribution in [3.05, 3.63) is 46.1 Å². The van der Waals surface area contributed by atoms with Crippen LogP contribution in [0.3, 0.4) is 0 Å². The molecule has 0 aliphatic carbocycles. The van der Waals surface area contributed by atoms with E-state index < -0.39 is 45.5 Å². The second kappa shape index (κ2) is 7.81. The quantitative estimate of drug-likeness (QED) is 0.546. The molecule has 9 nitrogen and oxygen atoms in total. The van der Waals surface area contributed by atoms with Gasteiger partial charge in [-0.2, -0.15) is 13.2 Å². The molecule has 0 saturated carbocycles. The number of nitrogens with one attached hydrogen (secondary N) is 1. The number of aromatic nitrogens is 1. The number of nitrogen functional groups attached to an aromatic ring is 1. The van der Waals surface area contributed by atoms with Gasteiger partial charge in [0.1, 0.15) is 11.4 Å². The van der Waals surface area contributed by atoms with Gasteiger partial charge in [0.25, 0.3) is 0 Å². The molecule has 0 saturated heterocycles. The van der Waals surface area contributed by atoms with Crippen molar-refractivity contribution in [1.82, 2.24) is 4.98 Å². The number of hydrogen-bond donors (Lipinski definition) is 2. The zero-order valence-corrected chi connectivity index (χ0v) is 15.5. The van der Waals surface area contributed by atoms with E-state index in [0.717, 1.165) is 24.4 Å². The third kappa shape index (κ3) is 5.70. The van der Waals surface area contributed by atoms with Crippen LogP contribution in [0.15, 0.2) is 30.5 Å². The van der Waals surface area contributed by atoms with E-state index in [4.69, 9.17) is 15.2 Å². The number of carbonyl (C=O) groups excluding carboxylic acids is 1. The fourth-order valence-corrected chi connectivity index (χ4v) is 2.19. The molecule has 0 aliphatic heterocycles. The molecule has 1 aromatic heterocycles. The summed E-state index contributed by atoms with van der Waals surface area (Å²) in [6.07, 6.45) is -4.82. The maximum atomic E-state index is 13.4. The van der Waals surface area contributed by atoms with Crippen LogP contribution in [0, 0.1) is 10.1 Å². The van der Waals surface area contributed by atoms with Crippen molar-refractivity contribution in [2.24, 2.45) is 0 Å². The van der Waals surface area contributed by atoms with Gasteiger partial charge >= 0.3 is 18.0 Å². The highest BCUT2D eigenvalue weighted by Gasteiger charge is 2.35. The Morgan fingerprint density at radius 3 is 2.45 bits per heavy atom. The molecule has 1 heterocycles. The molecule has 29 heavy (non-hydrogen) atoms. The molecule has 0 unspecified atom stereocenters. The lowest BCUT2D eigenvalue weighted by atomic mass is 10.1. The number of pyridine rings is 1. The average Bonchev–Trinajstić information content (AvgIpc) is 2.53. The molecule has 0 bridgehead atoms. The summed E-state index contributed by atoms with van der Waals surface area (Å²) in [6, 6.07) is 3.72. The number of ether oxygens (including phenoxy) is 2. The number of hydrogen-bond acceptors (Lipinski definition) is 7. The van der Waals surface area contributed by atoms with E-state index in [9.17, 15) is 28.1 Å². The molecule has 3 N–H and O–H groups in total. The van der Waals surface area contributed by atoms with Crippen LogP contribution < -0.4 is 15.8 Å². The number of alkyl halides is 3. The fraction of sp³-hybridized carbons (Fsp3) is 0.294. The smallest absolute Gasteiger partial charge is 0.418 e. The number of amides is 1. The Balaban J connectivity index is 2.39. The van der Waals surface area contributed by atoms with Gasteiger partial charge in [-0.15, -0.1) is 0 Å². The van der Waals surface area contributed by atoms with Gasteiger partial charge in [0.2, 0.25) is 11.6 Å². The highest BCUT2D eigenvalue weighted by Crippen LogP contribution is 2.40. The second-order valence-electron chi connectivity index (χ2n) is 6.73. The van der Waals surface area contributed by atoms with Crippen LogP contribution in [0.4, 0.5) is 35.2 Å². The lowest BCUT2D eigenvalue weighted by molar-refractivity contribution is -0.384. The average molecular weight is 414 g/mol. The van der Waals surface area contributed by atoms with Crippen LogP contribution >= 0.6 is 0 Å². The Hall–Kier alpha value is -3.57. The normalized spacial score (nSPS) is 11.7. The minimum absolute atomic E-state index is 0.360. The van der Waals surface area contributed by atoms with Crippen molar-refractivity contribution in [2.75, 3.05) is 11.1 Å². The van der Waals surface area contributed by atoms with Crippen molar-refractivity contribution in [3.63, 3.8) is 0 Å². The van der Waals surface area contributed by atoms with Gasteiger partial charge in [-0.25, -0.2) is 9.78 Å². The molecular weight excluding hydrogens is 397 g/mol. The predicted molar refractivity (Wildman–Crippen MR) is 96.7 cm³/mol. The fourth-order valence-electron chi connectivity index (χ4n) is 2.19. The Labute approximate surface area is 162 Å². The summed E-state index contributed by atoms with van der Waals surface area (Å²) in [5, 5.41) is 13.1. The molecule has 0 aliphatic rings. The van der Waals surface area contributed by atoms with Gasteiger partial charge in [-0.1, -0.05) is 0 Å². The number of benzene rings is 1. The van der Waals surface area contributed by atoms with Crippen molar-refractivity contribution < 1.29 is 32.4 Å². The number of nitrogens with two attached hydrogens (primary N) is 1. The first-order valence-corrected chi connectivity index (χ1v) is 8.06. The van der Waals surface area contributed by atoms with E-state index in [-0.39, 0.29) is 11.5 Å². The van der Waals surface area contributed by atoms with Gasteiger partial charge in [-0.05, 0) is 39.0 Å². The third-order valence-electron chi connectivity index (χ3n) is 3.26. The van der Waals surface area contributed by atoms with Crippen LogP contribution in [-0.2, 0) is 10.9 Å². The zero-order chi connectivity index (χ0) is 22.0. The molecular formula is C17H17F3N4O5. The lowest BCUT2D eigenvalue weighted by Gasteiger charge is -2.21. The number of nitro groups is 1.